The molecular formula is C20H12FN3O3. The predicted octanol–water partition coefficient (Wildman–Crippen LogP) is 4.69. The van der Waals surface area contributed by atoms with Crippen molar-refractivity contribution in [1.82, 2.24) is 4.98 Å². The fraction of sp³-hybridized carbons (Fsp3) is 0. The molecule has 1 aromatic heterocycles. The number of anilines is 1. The van der Waals surface area contributed by atoms with Crippen LogP contribution >= 0.6 is 0 Å². The van der Waals surface area contributed by atoms with Gasteiger partial charge in [-0.25, -0.2) is 0 Å². The fourth-order valence-electron chi connectivity index (χ4n) is 3.03. The van der Waals surface area contributed by atoms with Crippen LogP contribution in [0.25, 0.3) is 21.7 Å². The van der Waals surface area contributed by atoms with Crippen molar-refractivity contribution in [3.63, 3.8) is 0 Å². The standard InChI is InChI=1S/C20H12FN3O3/c21-17-8-7-13(11-18(17)24(26)27)23-20(25)16-10-12-4-1-2-5-14(12)15-6-3-9-22-19(15)16/h1-11H,(H,23,25). The first-order valence-electron chi connectivity index (χ1n) is 8.06. The van der Waals surface area contributed by atoms with E-state index in [4.69, 9.17) is 0 Å². The number of halogens is 1. The van der Waals surface area contributed by atoms with Crippen LogP contribution in [-0.4, -0.2) is 15.8 Å². The van der Waals surface area contributed by atoms with Gasteiger partial charge in [-0.1, -0.05) is 30.3 Å². The van der Waals surface area contributed by atoms with Crippen molar-refractivity contribution in [2.24, 2.45) is 0 Å². The number of rotatable bonds is 3. The summed E-state index contributed by atoms with van der Waals surface area (Å²) in [4.78, 5) is 27.2. The minimum absolute atomic E-state index is 0.130. The van der Waals surface area contributed by atoms with Crippen molar-refractivity contribution in [2.75, 3.05) is 5.32 Å². The Morgan fingerprint density at radius 3 is 2.63 bits per heavy atom. The van der Waals surface area contributed by atoms with E-state index in [1.165, 1.54) is 6.07 Å². The highest BCUT2D eigenvalue weighted by molar-refractivity contribution is 6.18. The third-order valence-electron chi connectivity index (χ3n) is 4.26. The van der Waals surface area contributed by atoms with Crippen LogP contribution in [0.1, 0.15) is 10.4 Å². The number of nitrogens with zero attached hydrogens (tertiary/aromatic N) is 2. The number of fused-ring (bicyclic) bond motifs is 3. The second kappa shape index (κ2) is 6.45. The van der Waals surface area contributed by atoms with Gasteiger partial charge in [0.25, 0.3) is 5.91 Å². The van der Waals surface area contributed by atoms with E-state index in [0.717, 1.165) is 28.3 Å². The number of nitrogens with one attached hydrogen (secondary N) is 1. The van der Waals surface area contributed by atoms with E-state index in [1.54, 1.807) is 18.3 Å². The van der Waals surface area contributed by atoms with Crippen molar-refractivity contribution in [3.8, 4) is 0 Å². The van der Waals surface area contributed by atoms with Gasteiger partial charge in [0.05, 0.1) is 16.0 Å². The van der Waals surface area contributed by atoms with E-state index in [0.29, 0.717) is 11.1 Å². The quantitative estimate of drug-likeness (QED) is 0.326. The molecule has 0 aliphatic rings. The summed E-state index contributed by atoms with van der Waals surface area (Å²) in [5.41, 5.74) is 0.279. The molecule has 132 valence electrons. The number of amides is 1. The number of nitro groups is 1. The van der Waals surface area contributed by atoms with Crippen molar-refractivity contribution < 1.29 is 14.1 Å². The Labute approximate surface area is 152 Å². The zero-order valence-electron chi connectivity index (χ0n) is 13.8. The number of aromatic nitrogens is 1. The second-order valence-corrected chi connectivity index (χ2v) is 5.92. The first kappa shape index (κ1) is 16.6. The topological polar surface area (TPSA) is 85.1 Å². The zero-order valence-corrected chi connectivity index (χ0v) is 13.8. The monoisotopic (exact) mass is 361 g/mol. The Morgan fingerprint density at radius 1 is 1.04 bits per heavy atom. The van der Waals surface area contributed by atoms with Gasteiger partial charge in [-0.05, 0) is 35.0 Å². The van der Waals surface area contributed by atoms with Crippen LogP contribution in [-0.2, 0) is 0 Å². The highest BCUT2D eigenvalue weighted by Gasteiger charge is 2.18. The van der Waals surface area contributed by atoms with Gasteiger partial charge in [-0.15, -0.1) is 0 Å². The van der Waals surface area contributed by atoms with Gasteiger partial charge >= 0.3 is 5.69 Å². The molecule has 7 heteroatoms. The molecule has 0 spiro atoms. The SMILES string of the molecule is O=C(Nc1ccc(F)c([N+](=O)[O-])c1)c1cc2ccccc2c2cccnc12. The molecule has 0 aliphatic carbocycles. The molecule has 0 aliphatic heterocycles. The average molecular weight is 361 g/mol. The predicted molar refractivity (Wildman–Crippen MR) is 100 cm³/mol. The smallest absolute Gasteiger partial charge is 0.306 e. The van der Waals surface area contributed by atoms with E-state index in [9.17, 15) is 19.3 Å². The largest absolute Gasteiger partial charge is 0.322 e. The fourth-order valence-corrected chi connectivity index (χ4v) is 3.03. The lowest BCUT2D eigenvalue weighted by Gasteiger charge is -2.10. The van der Waals surface area contributed by atoms with E-state index in [-0.39, 0.29) is 5.69 Å². The van der Waals surface area contributed by atoms with Crippen LogP contribution in [0, 0.1) is 15.9 Å². The zero-order chi connectivity index (χ0) is 19.0. The van der Waals surface area contributed by atoms with E-state index < -0.39 is 22.3 Å². The summed E-state index contributed by atoms with van der Waals surface area (Å²) >= 11 is 0. The van der Waals surface area contributed by atoms with Gasteiger partial charge in [-0.2, -0.15) is 4.39 Å². The molecule has 1 amide bonds. The van der Waals surface area contributed by atoms with Gasteiger partial charge in [0.2, 0.25) is 5.82 Å². The Hall–Kier alpha value is -3.87. The van der Waals surface area contributed by atoms with Crippen LogP contribution in [0.3, 0.4) is 0 Å². The molecule has 0 bridgehead atoms. The molecule has 6 nitrogen and oxygen atoms in total. The Balaban J connectivity index is 1.81. The summed E-state index contributed by atoms with van der Waals surface area (Å²) in [6.45, 7) is 0. The molecule has 27 heavy (non-hydrogen) atoms. The minimum atomic E-state index is -0.962. The summed E-state index contributed by atoms with van der Waals surface area (Å²) in [5, 5.41) is 16.1. The van der Waals surface area contributed by atoms with Crippen molar-refractivity contribution in [2.45, 2.75) is 0 Å². The summed E-state index contributed by atoms with van der Waals surface area (Å²) in [6.07, 6.45) is 1.59. The van der Waals surface area contributed by atoms with Crippen molar-refractivity contribution in [3.05, 3.63) is 88.4 Å². The van der Waals surface area contributed by atoms with Crippen LogP contribution in [0.4, 0.5) is 15.8 Å². The average Bonchev–Trinajstić information content (AvgIpc) is 2.68. The second-order valence-electron chi connectivity index (χ2n) is 5.92. The number of carbonyl (C=O) groups is 1. The highest BCUT2D eigenvalue weighted by atomic mass is 19.1. The molecule has 0 atom stereocenters. The molecular weight excluding hydrogens is 349 g/mol. The van der Waals surface area contributed by atoms with E-state index in [2.05, 4.69) is 10.3 Å². The lowest BCUT2D eigenvalue weighted by atomic mass is 10.0. The van der Waals surface area contributed by atoms with Gasteiger partial charge in [0.15, 0.2) is 0 Å². The van der Waals surface area contributed by atoms with Crippen LogP contribution in [0.5, 0.6) is 0 Å². The third-order valence-corrected chi connectivity index (χ3v) is 4.26. The van der Waals surface area contributed by atoms with Gasteiger partial charge < -0.3 is 5.32 Å². The number of hydrogen-bond donors (Lipinski definition) is 1. The minimum Gasteiger partial charge on any atom is -0.322 e. The molecule has 0 radical (unpaired) electrons. The van der Waals surface area contributed by atoms with Crippen LogP contribution in [0.2, 0.25) is 0 Å². The lowest BCUT2D eigenvalue weighted by Crippen LogP contribution is -2.13. The highest BCUT2D eigenvalue weighted by Crippen LogP contribution is 2.28. The first-order chi connectivity index (χ1) is 13.0. The van der Waals surface area contributed by atoms with Crippen LogP contribution < -0.4 is 5.32 Å². The van der Waals surface area contributed by atoms with E-state index >= 15 is 0 Å². The number of carbonyl (C=O) groups excluding carboxylic acids is 1. The van der Waals surface area contributed by atoms with E-state index in [1.807, 2.05) is 30.3 Å². The summed E-state index contributed by atoms with van der Waals surface area (Å²) in [5.74, 6) is -1.44. The number of benzene rings is 3. The van der Waals surface area contributed by atoms with Crippen molar-refractivity contribution >= 4 is 39.0 Å². The maximum absolute atomic E-state index is 13.5. The first-order valence-corrected chi connectivity index (χ1v) is 8.06. The molecule has 3 aromatic carbocycles. The molecule has 0 unspecified atom stereocenters. The summed E-state index contributed by atoms with van der Waals surface area (Å²) in [6, 6.07) is 16.2. The van der Waals surface area contributed by atoms with Crippen LogP contribution in [0.15, 0.2) is 66.9 Å². The van der Waals surface area contributed by atoms with Gasteiger partial charge in [0.1, 0.15) is 0 Å². The number of pyridine rings is 1. The molecule has 4 rings (SSSR count). The Bertz CT molecular complexity index is 1220. The molecule has 0 fully saturated rings. The molecule has 0 saturated heterocycles. The summed E-state index contributed by atoms with van der Waals surface area (Å²) < 4.78 is 13.5. The van der Waals surface area contributed by atoms with Gasteiger partial charge in [0, 0.05) is 23.3 Å². The number of hydrogen-bond acceptors (Lipinski definition) is 4. The normalized spacial score (nSPS) is 10.9. The maximum Gasteiger partial charge on any atom is 0.306 e. The Kier molecular flexibility index (Phi) is 3.97. The van der Waals surface area contributed by atoms with Crippen molar-refractivity contribution in [1.29, 1.82) is 0 Å². The molecule has 1 N–H and O–H groups in total. The molecule has 1 heterocycles. The molecule has 0 saturated carbocycles. The Morgan fingerprint density at radius 2 is 1.81 bits per heavy atom. The third kappa shape index (κ3) is 2.95. The maximum atomic E-state index is 13.5. The van der Waals surface area contributed by atoms with Gasteiger partial charge in [-0.3, -0.25) is 19.9 Å². The lowest BCUT2D eigenvalue weighted by molar-refractivity contribution is -0.387. The number of nitro benzene ring substituents is 1. The summed E-state index contributed by atoms with van der Waals surface area (Å²) in [7, 11) is 0. The molecule has 4 aromatic rings.